The molecule has 1 saturated heterocycles. The van der Waals surface area contributed by atoms with Crippen LogP contribution in [0, 0.1) is 0 Å². The van der Waals surface area contributed by atoms with E-state index in [1.807, 2.05) is 36.2 Å². The number of nitrogens with zero attached hydrogens (tertiary/aromatic N) is 4. The minimum Gasteiger partial charge on any atom is -0.493 e. The third-order valence-electron chi connectivity index (χ3n) is 5.19. The lowest BCUT2D eigenvalue weighted by atomic mass is 10.0. The number of likely N-dealkylation sites (tertiary alicyclic amines) is 1. The Morgan fingerprint density at radius 1 is 1.31 bits per heavy atom. The van der Waals surface area contributed by atoms with Crippen LogP contribution < -0.4 is 9.47 Å². The van der Waals surface area contributed by atoms with Crippen LogP contribution in [0.1, 0.15) is 34.1 Å². The maximum absolute atomic E-state index is 12.6. The summed E-state index contributed by atoms with van der Waals surface area (Å²) < 4.78 is 12.8. The van der Waals surface area contributed by atoms with Gasteiger partial charge in [-0.15, -0.1) is 0 Å². The largest absolute Gasteiger partial charge is 0.493 e. The number of rotatable bonds is 7. The first-order valence-corrected chi connectivity index (χ1v) is 9.72. The molecule has 0 radical (unpaired) electrons. The maximum atomic E-state index is 12.6. The second-order valence-corrected chi connectivity index (χ2v) is 7.21. The molecule has 3 heterocycles. The van der Waals surface area contributed by atoms with Crippen molar-refractivity contribution in [3.8, 4) is 11.5 Å². The number of benzene rings is 1. The van der Waals surface area contributed by atoms with Crippen LogP contribution in [0.15, 0.2) is 42.7 Å². The summed E-state index contributed by atoms with van der Waals surface area (Å²) in [6.45, 7) is 1.94. The molecule has 1 N–H and O–H groups in total. The van der Waals surface area contributed by atoms with E-state index in [4.69, 9.17) is 9.47 Å². The molecule has 8 heteroatoms. The number of H-pyrrole nitrogens is 1. The number of ether oxygens (including phenoxy) is 2. The molecule has 3 aromatic rings. The van der Waals surface area contributed by atoms with E-state index in [9.17, 15) is 4.79 Å². The summed E-state index contributed by atoms with van der Waals surface area (Å²) >= 11 is 0. The van der Waals surface area contributed by atoms with Crippen molar-refractivity contribution in [1.29, 1.82) is 0 Å². The molecule has 152 valence electrons. The van der Waals surface area contributed by atoms with Gasteiger partial charge in [0.2, 0.25) is 0 Å². The quantitative estimate of drug-likeness (QED) is 0.664. The maximum Gasteiger partial charge on any atom is 0.257 e. The molecule has 2 aromatic heterocycles. The summed E-state index contributed by atoms with van der Waals surface area (Å²) in [7, 11) is 3.44. The number of hydrogen-bond donors (Lipinski definition) is 1. The Morgan fingerprint density at radius 2 is 2.14 bits per heavy atom. The average molecular weight is 395 g/mol. The average Bonchev–Trinajstić information content (AvgIpc) is 3.48. The van der Waals surface area contributed by atoms with Crippen molar-refractivity contribution in [3.63, 3.8) is 0 Å². The van der Waals surface area contributed by atoms with Crippen molar-refractivity contribution in [2.45, 2.75) is 18.8 Å². The number of aromatic amines is 1. The Balaban J connectivity index is 1.31. The number of carbonyl (C=O) groups is 1. The Labute approximate surface area is 169 Å². The van der Waals surface area contributed by atoms with Gasteiger partial charge >= 0.3 is 0 Å². The third kappa shape index (κ3) is 4.26. The van der Waals surface area contributed by atoms with Gasteiger partial charge in [0, 0.05) is 44.4 Å². The van der Waals surface area contributed by atoms with Crippen molar-refractivity contribution < 1.29 is 14.3 Å². The second-order valence-electron chi connectivity index (χ2n) is 7.21. The zero-order valence-corrected chi connectivity index (χ0v) is 16.7. The summed E-state index contributed by atoms with van der Waals surface area (Å²) in [6, 6.07) is 9.68. The number of aryl methyl sites for hydroxylation is 1. The van der Waals surface area contributed by atoms with Crippen molar-refractivity contribution >= 4 is 5.91 Å². The molecule has 1 aliphatic heterocycles. The van der Waals surface area contributed by atoms with E-state index in [1.165, 1.54) is 0 Å². The van der Waals surface area contributed by atoms with Gasteiger partial charge < -0.3 is 14.4 Å². The van der Waals surface area contributed by atoms with Crippen LogP contribution in [-0.2, 0) is 13.5 Å². The van der Waals surface area contributed by atoms with E-state index in [1.54, 1.807) is 24.2 Å². The van der Waals surface area contributed by atoms with Crippen LogP contribution in [0.4, 0.5) is 0 Å². The fraction of sp³-hybridized carbons (Fsp3) is 0.381. The minimum atomic E-state index is 0.0292. The predicted octanol–water partition coefficient (Wildman–Crippen LogP) is 2.40. The lowest BCUT2D eigenvalue weighted by Crippen LogP contribution is -2.28. The van der Waals surface area contributed by atoms with Crippen LogP contribution >= 0.6 is 0 Å². The Morgan fingerprint density at radius 3 is 2.90 bits per heavy atom. The van der Waals surface area contributed by atoms with Gasteiger partial charge in [-0.05, 0) is 24.6 Å². The number of hydrogen-bond acceptors (Lipinski definition) is 5. The Kier molecular flexibility index (Phi) is 5.50. The third-order valence-corrected chi connectivity index (χ3v) is 5.19. The molecule has 1 aliphatic rings. The van der Waals surface area contributed by atoms with E-state index in [0.717, 1.165) is 42.3 Å². The molecular weight excluding hydrogens is 370 g/mol. The lowest BCUT2D eigenvalue weighted by Gasteiger charge is -2.14. The molecule has 1 amide bonds. The van der Waals surface area contributed by atoms with Crippen LogP contribution in [-0.4, -0.2) is 57.6 Å². The van der Waals surface area contributed by atoms with Gasteiger partial charge in [0.1, 0.15) is 0 Å². The molecule has 1 aromatic carbocycles. The van der Waals surface area contributed by atoms with Gasteiger partial charge in [-0.2, -0.15) is 10.2 Å². The van der Waals surface area contributed by atoms with E-state index < -0.39 is 0 Å². The first-order valence-electron chi connectivity index (χ1n) is 9.72. The van der Waals surface area contributed by atoms with Crippen molar-refractivity contribution in [1.82, 2.24) is 24.9 Å². The zero-order chi connectivity index (χ0) is 20.2. The number of nitrogens with one attached hydrogen (secondary N) is 1. The molecule has 29 heavy (non-hydrogen) atoms. The smallest absolute Gasteiger partial charge is 0.257 e. The van der Waals surface area contributed by atoms with Gasteiger partial charge in [-0.25, -0.2) is 0 Å². The fourth-order valence-electron chi connectivity index (χ4n) is 3.63. The lowest BCUT2D eigenvalue weighted by molar-refractivity contribution is 0.0790. The highest BCUT2D eigenvalue weighted by molar-refractivity contribution is 5.94. The first kappa shape index (κ1) is 19.0. The predicted molar refractivity (Wildman–Crippen MR) is 107 cm³/mol. The number of para-hydroxylation sites is 2. The van der Waals surface area contributed by atoms with Crippen LogP contribution in [0.3, 0.4) is 0 Å². The molecule has 0 aliphatic carbocycles. The van der Waals surface area contributed by atoms with E-state index in [2.05, 4.69) is 21.4 Å². The molecule has 0 bridgehead atoms. The normalized spacial score (nSPS) is 16.2. The Bertz CT molecular complexity index is 980. The number of carbonyl (C=O) groups excluding carboxylic acids is 1. The van der Waals surface area contributed by atoms with Crippen LogP contribution in [0.2, 0.25) is 0 Å². The van der Waals surface area contributed by atoms with Gasteiger partial charge in [0.05, 0.1) is 31.2 Å². The second kappa shape index (κ2) is 8.38. The molecule has 4 rings (SSSR count). The van der Waals surface area contributed by atoms with Crippen LogP contribution in [0.25, 0.3) is 0 Å². The summed E-state index contributed by atoms with van der Waals surface area (Å²) in [5, 5.41) is 11.7. The van der Waals surface area contributed by atoms with Crippen LogP contribution in [0.5, 0.6) is 11.5 Å². The standard InChI is InChI=1S/C21H25N5O3/c1-25-13-16(12-22-25)21(27)26-9-7-15(14-26)18-11-17(23-24-18)8-10-29-20-6-4-3-5-19(20)28-2/h3-6,11-13,15H,7-10,14H2,1-2H3,(H,23,24)/t15-/m0/s1. The Hall–Kier alpha value is -3.29. The monoisotopic (exact) mass is 395 g/mol. The summed E-state index contributed by atoms with van der Waals surface area (Å²) in [6.07, 6.45) is 5.00. The summed E-state index contributed by atoms with van der Waals surface area (Å²) in [5.74, 6) is 1.73. The SMILES string of the molecule is COc1ccccc1OCCc1cc([C@H]2CCN(C(=O)c3cnn(C)c3)C2)n[nH]1. The zero-order valence-electron chi connectivity index (χ0n) is 16.7. The van der Waals surface area contributed by atoms with Crippen molar-refractivity contribution in [2.24, 2.45) is 7.05 Å². The van der Waals surface area contributed by atoms with Crippen molar-refractivity contribution in [2.75, 3.05) is 26.8 Å². The van der Waals surface area contributed by atoms with Gasteiger partial charge in [-0.3, -0.25) is 14.6 Å². The molecular formula is C21H25N5O3. The van der Waals surface area contributed by atoms with E-state index >= 15 is 0 Å². The highest BCUT2D eigenvalue weighted by Crippen LogP contribution is 2.28. The highest BCUT2D eigenvalue weighted by Gasteiger charge is 2.30. The number of methoxy groups -OCH3 is 1. The van der Waals surface area contributed by atoms with Gasteiger partial charge in [0.15, 0.2) is 11.5 Å². The number of amides is 1. The van der Waals surface area contributed by atoms with Gasteiger partial charge in [0.25, 0.3) is 5.91 Å². The van der Waals surface area contributed by atoms with E-state index in [0.29, 0.717) is 18.7 Å². The topological polar surface area (TPSA) is 85.3 Å². The molecule has 0 spiro atoms. The highest BCUT2D eigenvalue weighted by atomic mass is 16.5. The molecule has 1 atom stereocenters. The molecule has 0 saturated carbocycles. The van der Waals surface area contributed by atoms with E-state index in [-0.39, 0.29) is 11.8 Å². The molecule has 8 nitrogen and oxygen atoms in total. The van der Waals surface area contributed by atoms with Crippen molar-refractivity contribution in [3.05, 3.63) is 59.7 Å². The molecule has 1 fully saturated rings. The summed E-state index contributed by atoms with van der Waals surface area (Å²) in [5.41, 5.74) is 2.65. The fourth-order valence-corrected chi connectivity index (χ4v) is 3.63. The first-order chi connectivity index (χ1) is 14.1. The minimum absolute atomic E-state index is 0.0292. The molecule has 0 unspecified atom stereocenters. The van der Waals surface area contributed by atoms with Gasteiger partial charge in [-0.1, -0.05) is 12.1 Å². The summed E-state index contributed by atoms with van der Waals surface area (Å²) in [4.78, 5) is 14.5. The number of aromatic nitrogens is 4.